The van der Waals surface area contributed by atoms with Crippen molar-refractivity contribution in [2.75, 3.05) is 6.54 Å². The molecule has 1 rings (SSSR count). The number of hydrogen-bond donors (Lipinski definition) is 2. The first-order valence-corrected chi connectivity index (χ1v) is 7.15. The van der Waals surface area contributed by atoms with Gasteiger partial charge in [-0.2, -0.15) is 0 Å². The number of aryl methyl sites for hydroxylation is 1. The lowest BCUT2D eigenvalue weighted by Crippen LogP contribution is -2.38. The number of aliphatic hydroxyl groups is 1. The van der Waals surface area contributed by atoms with E-state index in [1.807, 2.05) is 19.1 Å². The van der Waals surface area contributed by atoms with Crippen molar-refractivity contribution in [1.29, 1.82) is 0 Å². The molecule has 0 aliphatic rings. The van der Waals surface area contributed by atoms with Crippen molar-refractivity contribution in [3.05, 3.63) is 29.8 Å². The number of rotatable bonds is 8. The van der Waals surface area contributed by atoms with Crippen LogP contribution in [0.4, 0.5) is 0 Å². The minimum atomic E-state index is -0.861. The molecule has 2 unspecified atom stereocenters. The van der Waals surface area contributed by atoms with Crippen molar-refractivity contribution in [1.82, 2.24) is 0 Å². The molecule has 0 aromatic heterocycles. The maximum atomic E-state index is 9.91. The maximum absolute atomic E-state index is 9.91. The quantitative estimate of drug-likeness (QED) is 0.760. The fraction of sp³-hybridized carbons (Fsp3) is 0.625. The SMILES string of the molecule is CCCCc1ccc(OC(C)CC(C)(O)CN)cc1. The summed E-state index contributed by atoms with van der Waals surface area (Å²) in [6.07, 6.45) is 4.02. The lowest BCUT2D eigenvalue weighted by molar-refractivity contribution is 0.0237. The van der Waals surface area contributed by atoms with Crippen LogP contribution < -0.4 is 10.5 Å². The standard InChI is InChI=1S/C16H27NO2/c1-4-5-6-14-7-9-15(10-8-14)19-13(2)11-16(3,18)12-17/h7-10,13,18H,4-6,11-12,17H2,1-3H3. The van der Waals surface area contributed by atoms with E-state index in [4.69, 9.17) is 10.5 Å². The zero-order valence-corrected chi connectivity index (χ0v) is 12.4. The smallest absolute Gasteiger partial charge is 0.119 e. The van der Waals surface area contributed by atoms with E-state index in [1.54, 1.807) is 6.92 Å². The fourth-order valence-electron chi connectivity index (χ4n) is 2.09. The van der Waals surface area contributed by atoms with Gasteiger partial charge in [-0.1, -0.05) is 25.5 Å². The van der Waals surface area contributed by atoms with Gasteiger partial charge in [0, 0.05) is 13.0 Å². The highest BCUT2D eigenvalue weighted by Gasteiger charge is 2.22. The molecule has 0 amide bonds. The van der Waals surface area contributed by atoms with Crippen LogP contribution >= 0.6 is 0 Å². The molecule has 0 aliphatic heterocycles. The molecule has 0 heterocycles. The third-order valence-electron chi connectivity index (χ3n) is 3.25. The Morgan fingerprint density at radius 3 is 2.47 bits per heavy atom. The van der Waals surface area contributed by atoms with Gasteiger partial charge in [0.25, 0.3) is 0 Å². The summed E-state index contributed by atoms with van der Waals surface area (Å²) in [6.45, 7) is 6.13. The summed E-state index contributed by atoms with van der Waals surface area (Å²) in [5.74, 6) is 0.848. The Morgan fingerprint density at radius 2 is 1.95 bits per heavy atom. The van der Waals surface area contributed by atoms with Gasteiger partial charge in [0.05, 0.1) is 11.7 Å². The number of ether oxygens (including phenoxy) is 1. The van der Waals surface area contributed by atoms with Crippen molar-refractivity contribution in [2.45, 2.75) is 58.2 Å². The van der Waals surface area contributed by atoms with Crippen LogP contribution in [0.3, 0.4) is 0 Å². The lowest BCUT2D eigenvalue weighted by atomic mass is 9.99. The van der Waals surface area contributed by atoms with Crippen molar-refractivity contribution < 1.29 is 9.84 Å². The second kappa shape index (κ2) is 7.51. The van der Waals surface area contributed by atoms with Gasteiger partial charge in [-0.05, 0) is 44.4 Å². The molecular weight excluding hydrogens is 238 g/mol. The van der Waals surface area contributed by atoms with Crippen LogP contribution in [0.25, 0.3) is 0 Å². The highest BCUT2D eigenvalue weighted by molar-refractivity contribution is 5.27. The topological polar surface area (TPSA) is 55.5 Å². The van der Waals surface area contributed by atoms with Crippen LogP contribution in [0.1, 0.15) is 45.6 Å². The molecule has 108 valence electrons. The molecule has 0 saturated heterocycles. The Labute approximate surface area is 116 Å². The molecule has 0 spiro atoms. The van der Waals surface area contributed by atoms with Crippen molar-refractivity contribution in [2.24, 2.45) is 5.73 Å². The summed E-state index contributed by atoms with van der Waals surface area (Å²) in [4.78, 5) is 0. The molecule has 1 aromatic rings. The van der Waals surface area contributed by atoms with Crippen molar-refractivity contribution >= 4 is 0 Å². The first-order chi connectivity index (χ1) is 8.96. The minimum absolute atomic E-state index is 0.0555. The summed E-state index contributed by atoms with van der Waals surface area (Å²) in [7, 11) is 0. The molecule has 19 heavy (non-hydrogen) atoms. The van der Waals surface area contributed by atoms with Gasteiger partial charge < -0.3 is 15.6 Å². The summed E-state index contributed by atoms with van der Waals surface area (Å²) in [5, 5.41) is 9.91. The van der Waals surface area contributed by atoms with E-state index < -0.39 is 5.60 Å². The second-order valence-corrected chi connectivity index (χ2v) is 5.58. The normalized spacial score (nSPS) is 15.8. The molecule has 0 radical (unpaired) electrons. The van der Waals surface area contributed by atoms with Gasteiger partial charge in [0.2, 0.25) is 0 Å². The Kier molecular flexibility index (Phi) is 6.32. The van der Waals surface area contributed by atoms with Gasteiger partial charge in [-0.3, -0.25) is 0 Å². The molecule has 0 bridgehead atoms. The van der Waals surface area contributed by atoms with E-state index in [9.17, 15) is 5.11 Å². The number of unbranched alkanes of at least 4 members (excludes halogenated alkanes) is 1. The van der Waals surface area contributed by atoms with Crippen molar-refractivity contribution in [3.8, 4) is 5.75 Å². The number of benzene rings is 1. The molecule has 3 nitrogen and oxygen atoms in total. The predicted octanol–water partition coefficient (Wildman–Crippen LogP) is 2.90. The fourth-order valence-corrected chi connectivity index (χ4v) is 2.09. The Morgan fingerprint density at radius 1 is 1.32 bits per heavy atom. The number of nitrogens with two attached hydrogens (primary N) is 1. The summed E-state index contributed by atoms with van der Waals surface area (Å²) >= 11 is 0. The molecule has 0 fully saturated rings. The average Bonchev–Trinajstić information content (AvgIpc) is 2.37. The van der Waals surface area contributed by atoms with Crippen LogP contribution in [0.2, 0.25) is 0 Å². The van der Waals surface area contributed by atoms with Gasteiger partial charge in [0.1, 0.15) is 5.75 Å². The monoisotopic (exact) mass is 265 g/mol. The Balaban J connectivity index is 2.48. The molecule has 2 atom stereocenters. The van der Waals surface area contributed by atoms with Crippen LogP contribution in [0.5, 0.6) is 5.75 Å². The highest BCUT2D eigenvalue weighted by Crippen LogP contribution is 2.19. The van der Waals surface area contributed by atoms with E-state index in [2.05, 4.69) is 19.1 Å². The molecular formula is C16H27NO2. The first-order valence-electron chi connectivity index (χ1n) is 7.15. The van der Waals surface area contributed by atoms with Crippen LogP contribution in [0.15, 0.2) is 24.3 Å². The molecule has 0 aliphatic carbocycles. The van der Waals surface area contributed by atoms with Crippen LogP contribution in [-0.2, 0) is 6.42 Å². The minimum Gasteiger partial charge on any atom is -0.491 e. The van der Waals surface area contributed by atoms with Crippen LogP contribution in [0, 0.1) is 0 Å². The molecule has 3 heteroatoms. The molecule has 3 N–H and O–H groups in total. The highest BCUT2D eigenvalue weighted by atomic mass is 16.5. The first kappa shape index (κ1) is 16.0. The Bertz CT molecular complexity index is 360. The van der Waals surface area contributed by atoms with Gasteiger partial charge >= 0.3 is 0 Å². The van der Waals surface area contributed by atoms with E-state index >= 15 is 0 Å². The van der Waals surface area contributed by atoms with E-state index in [0.29, 0.717) is 6.42 Å². The van der Waals surface area contributed by atoms with E-state index in [1.165, 1.54) is 18.4 Å². The van der Waals surface area contributed by atoms with Gasteiger partial charge in [-0.15, -0.1) is 0 Å². The summed E-state index contributed by atoms with van der Waals surface area (Å²) in [6, 6.07) is 8.22. The van der Waals surface area contributed by atoms with Gasteiger partial charge in [0.15, 0.2) is 0 Å². The summed E-state index contributed by atoms with van der Waals surface area (Å²) < 4.78 is 5.80. The lowest BCUT2D eigenvalue weighted by Gasteiger charge is -2.25. The molecule has 0 saturated carbocycles. The van der Waals surface area contributed by atoms with E-state index in [-0.39, 0.29) is 12.6 Å². The number of hydrogen-bond acceptors (Lipinski definition) is 3. The predicted molar refractivity (Wildman–Crippen MR) is 79.4 cm³/mol. The van der Waals surface area contributed by atoms with Crippen LogP contribution in [-0.4, -0.2) is 23.4 Å². The third kappa shape index (κ3) is 6.08. The van der Waals surface area contributed by atoms with Crippen molar-refractivity contribution in [3.63, 3.8) is 0 Å². The zero-order valence-electron chi connectivity index (χ0n) is 12.4. The Hall–Kier alpha value is -1.06. The largest absolute Gasteiger partial charge is 0.491 e. The average molecular weight is 265 g/mol. The maximum Gasteiger partial charge on any atom is 0.119 e. The summed E-state index contributed by atoms with van der Waals surface area (Å²) in [5.41, 5.74) is 5.99. The second-order valence-electron chi connectivity index (χ2n) is 5.58. The zero-order chi connectivity index (χ0) is 14.3. The third-order valence-corrected chi connectivity index (χ3v) is 3.25. The van der Waals surface area contributed by atoms with Gasteiger partial charge in [-0.25, -0.2) is 0 Å². The van der Waals surface area contributed by atoms with E-state index in [0.717, 1.165) is 12.2 Å². The molecule has 1 aromatic carbocycles.